The smallest absolute Gasteiger partial charge is 0.309 e. The van der Waals surface area contributed by atoms with Crippen molar-refractivity contribution in [2.75, 3.05) is 13.1 Å². The summed E-state index contributed by atoms with van der Waals surface area (Å²) in [6, 6.07) is 12.1. The number of nitrogens with one attached hydrogen (secondary N) is 1. The average molecular weight is 401 g/mol. The van der Waals surface area contributed by atoms with Crippen LogP contribution in [0.15, 0.2) is 30.3 Å². The maximum atomic E-state index is 12.3. The number of rotatable bonds is 4. The van der Waals surface area contributed by atoms with Gasteiger partial charge in [0.25, 0.3) is 0 Å². The number of ether oxygens (including phenoxy) is 1. The standard InChI is InChI=1S/C20H28N2O2.2ClH/c23-20(24-14-15-4-2-1-3-5-15)16-8-10-22(11-9-16)19-12-17-6-7-18(13-19)21-17;;/h1-5,16-19,21H,6-14H2;2*1H. The SMILES string of the molecule is Cl.Cl.O=C(OCc1ccccc1)C1CCN(C2CC3CCC(C2)N3)CC1. The largest absolute Gasteiger partial charge is 0.461 e. The van der Waals surface area contributed by atoms with Gasteiger partial charge in [-0.3, -0.25) is 4.79 Å². The number of fused-ring (bicyclic) bond motifs is 2. The first kappa shape index (κ1) is 21.5. The zero-order valence-electron chi connectivity index (χ0n) is 15.1. The quantitative estimate of drug-likeness (QED) is 0.784. The average Bonchev–Trinajstić information content (AvgIpc) is 2.98. The van der Waals surface area contributed by atoms with Gasteiger partial charge in [0.15, 0.2) is 0 Å². The Bertz CT molecular complexity index is 552. The topological polar surface area (TPSA) is 41.6 Å². The van der Waals surface area contributed by atoms with Crippen molar-refractivity contribution in [3.05, 3.63) is 35.9 Å². The monoisotopic (exact) mass is 400 g/mol. The summed E-state index contributed by atoms with van der Waals surface area (Å²) >= 11 is 0. The fraction of sp³-hybridized carbons (Fsp3) is 0.650. The van der Waals surface area contributed by atoms with Gasteiger partial charge in [0, 0.05) is 18.1 Å². The molecule has 2 atom stereocenters. The Morgan fingerprint density at radius 2 is 1.62 bits per heavy atom. The van der Waals surface area contributed by atoms with Gasteiger partial charge in [-0.15, -0.1) is 24.8 Å². The van der Waals surface area contributed by atoms with Crippen molar-refractivity contribution >= 4 is 30.8 Å². The molecule has 1 aromatic carbocycles. The maximum Gasteiger partial charge on any atom is 0.309 e. The summed E-state index contributed by atoms with van der Waals surface area (Å²) in [5.74, 6) is 0.0762. The summed E-state index contributed by atoms with van der Waals surface area (Å²) in [5, 5.41) is 3.72. The van der Waals surface area contributed by atoms with E-state index in [1.54, 1.807) is 0 Å². The number of esters is 1. The highest BCUT2D eigenvalue weighted by atomic mass is 35.5. The minimum Gasteiger partial charge on any atom is -0.461 e. The van der Waals surface area contributed by atoms with Crippen LogP contribution in [0.2, 0.25) is 0 Å². The number of piperidine rings is 2. The lowest BCUT2D eigenvalue weighted by molar-refractivity contribution is -0.151. The Morgan fingerprint density at radius 3 is 2.23 bits per heavy atom. The zero-order chi connectivity index (χ0) is 16.4. The summed E-state index contributed by atoms with van der Waals surface area (Å²) in [6.45, 7) is 2.50. The number of carbonyl (C=O) groups is 1. The molecule has 0 spiro atoms. The number of nitrogens with zero attached hydrogens (tertiary/aromatic N) is 1. The van der Waals surface area contributed by atoms with E-state index < -0.39 is 0 Å². The zero-order valence-corrected chi connectivity index (χ0v) is 16.8. The van der Waals surface area contributed by atoms with E-state index in [2.05, 4.69) is 10.2 Å². The second-order valence-corrected chi connectivity index (χ2v) is 7.67. The van der Waals surface area contributed by atoms with Gasteiger partial charge < -0.3 is 15.0 Å². The lowest BCUT2D eigenvalue weighted by Gasteiger charge is -2.41. The predicted molar refractivity (Wildman–Crippen MR) is 108 cm³/mol. The van der Waals surface area contributed by atoms with Crippen molar-refractivity contribution in [1.82, 2.24) is 10.2 Å². The summed E-state index contributed by atoms with van der Waals surface area (Å²) in [5.41, 5.74) is 1.06. The second-order valence-electron chi connectivity index (χ2n) is 7.67. The third-order valence-electron chi connectivity index (χ3n) is 6.05. The lowest BCUT2D eigenvalue weighted by atomic mass is 9.92. The summed E-state index contributed by atoms with van der Waals surface area (Å²) in [6.07, 6.45) is 7.19. The number of halogens is 2. The van der Waals surface area contributed by atoms with E-state index in [4.69, 9.17) is 4.74 Å². The van der Waals surface area contributed by atoms with Crippen LogP contribution in [0, 0.1) is 5.92 Å². The van der Waals surface area contributed by atoms with Crippen molar-refractivity contribution in [3.8, 4) is 0 Å². The molecule has 0 saturated carbocycles. The van der Waals surface area contributed by atoms with E-state index in [0.717, 1.165) is 49.6 Å². The fourth-order valence-corrected chi connectivity index (χ4v) is 4.67. The molecule has 0 amide bonds. The van der Waals surface area contributed by atoms with E-state index in [1.165, 1.54) is 25.7 Å². The Morgan fingerprint density at radius 1 is 1.00 bits per heavy atom. The van der Waals surface area contributed by atoms with Crippen molar-refractivity contribution in [2.45, 2.75) is 63.3 Å². The molecule has 0 aliphatic carbocycles. The molecule has 4 nitrogen and oxygen atoms in total. The number of benzene rings is 1. The summed E-state index contributed by atoms with van der Waals surface area (Å²) in [4.78, 5) is 14.9. The maximum absolute atomic E-state index is 12.3. The molecule has 2 unspecified atom stereocenters. The van der Waals surface area contributed by atoms with Crippen LogP contribution in [-0.4, -0.2) is 42.1 Å². The first-order valence-corrected chi connectivity index (χ1v) is 9.48. The molecule has 2 bridgehead atoms. The van der Waals surface area contributed by atoms with Crippen LogP contribution in [0.4, 0.5) is 0 Å². The molecule has 26 heavy (non-hydrogen) atoms. The van der Waals surface area contributed by atoms with Gasteiger partial charge in [-0.25, -0.2) is 0 Å². The predicted octanol–water partition coefficient (Wildman–Crippen LogP) is 3.57. The third kappa shape index (κ3) is 5.13. The molecule has 6 heteroatoms. The van der Waals surface area contributed by atoms with Gasteiger partial charge in [-0.2, -0.15) is 0 Å². The number of carbonyl (C=O) groups excluding carboxylic acids is 1. The van der Waals surface area contributed by atoms with Crippen molar-refractivity contribution in [1.29, 1.82) is 0 Å². The molecule has 146 valence electrons. The van der Waals surface area contributed by atoms with Crippen molar-refractivity contribution < 1.29 is 9.53 Å². The molecule has 1 aromatic rings. The normalized spacial score (nSPS) is 28.7. The number of hydrogen-bond acceptors (Lipinski definition) is 4. The van der Waals surface area contributed by atoms with Crippen LogP contribution in [0.1, 0.15) is 44.1 Å². The van der Waals surface area contributed by atoms with E-state index in [0.29, 0.717) is 6.61 Å². The molecular weight excluding hydrogens is 371 g/mol. The van der Waals surface area contributed by atoms with Gasteiger partial charge in [0.05, 0.1) is 5.92 Å². The van der Waals surface area contributed by atoms with Crippen molar-refractivity contribution in [3.63, 3.8) is 0 Å². The molecule has 0 aromatic heterocycles. The molecular formula is C20H30Cl2N2O2. The Balaban J connectivity index is 0.00000121. The molecule has 1 N–H and O–H groups in total. The van der Waals surface area contributed by atoms with Gasteiger partial charge >= 0.3 is 5.97 Å². The van der Waals surface area contributed by atoms with Crippen LogP contribution >= 0.6 is 24.8 Å². The van der Waals surface area contributed by atoms with E-state index in [-0.39, 0.29) is 36.7 Å². The van der Waals surface area contributed by atoms with Gasteiger partial charge in [-0.1, -0.05) is 30.3 Å². The highest BCUT2D eigenvalue weighted by Crippen LogP contribution is 2.32. The molecule has 4 rings (SSSR count). The van der Waals surface area contributed by atoms with Gasteiger partial charge in [0.1, 0.15) is 6.61 Å². The first-order chi connectivity index (χ1) is 11.8. The van der Waals surface area contributed by atoms with Crippen LogP contribution in [0.5, 0.6) is 0 Å². The lowest BCUT2D eigenvalue weighted by Crippen LogP contribution is -2.50. The Labute approximate surface area is 168 Å². The Hall–Kier alpha value is -0.810. The van der Waals surface area contributed by atoms with E-state index in [9.17, 15) is 4.79 Å². The minimum atomic E-state index is -0.0103. The van der Waals surface area contributed by atoms with Gasteiger partial charge in [-0.05, 0) is 57.2 Å². The van der Waals surface area contributed by atoms with E-state index >= 15 is 0 Å². The highest BCUT2D eigenvalue weighted by Gasteiger charge is 2.37. The molecule has 3 aliphatic rings. The van der Waals surface area contributed by atoms with Crippen LogP contribution in [0.3, 0.4) is 0 Å². The molecule has 3 saturated heterocycles. The van der Waals surface area contributed by atoms with Gasteiger partial charge in [0.2, 0.25) is 0 Å². The molecule has 3 heterocycles. The number of hydrogen-bond donors (Lipinski definition) is 1. The van der Waals surface area contributed by atoms with Crippen LogP contribution in [0.25, 0.3) is 0 Å². The molecule has 3 aliphatic heterocycles. The fourth-order valence-electron chi connectivity index (χ4n) is 4.67. The van der Waals surface area contributed by atoms with Crippen LogP contribution < -0.4 is 5.32 Å². The summed E-state index contributed by atoms with van der Waals surface area (Å²) in [7, 11) is 0. The summed E-state index contributed by atoms with van der Waals surface area (Å²) < 4.78 is 5.52. The second kappa shape index (κ2) is 9.93. The third-order valence-corrected chi connectivity index (χ3v) is 6.05. The molecule has 0 radical (unpaired) electrons. The highest BCUT2D eigenvalue weighted by molar-refractivity contribution is 5.85. The Kier molecular flexibility index (Phi) is 8.21. The van der Waals surface area contributed by atoms with Crippen molar-refractivity contribution in [2.24, 2.45) is 5.92 Å². The molecule has 3 fully saturated rings. The first-order valence-electron chi connectivity index (χ1n) is 9.48. The van der Waals surface area contributed by atoms with E-state index in [1.807, 2.05) is 30.3 Å². The van der Waals surface area contributed by atoms with Crippen LogP contribution in [-0.2, 0) is 16.1 Å². The minimum absolute atomic E-state index is 0. The number of likely N-dealkylation sites (tertiary alicyclic amines) is 1.